The van der Waals surface area contributed by atoms with E-state index in [9.17, 15) is 4.79 Å². The average Bonchev–Trinajstić information content (AvgIpc) is 2.48. The second kappa shape index (κ2) is 5.99. The summed E-state index contributed by atoms with van der Waals surface area (Å²) < 4.78 is 11.4. The van der Waals surface area contributed by atoms with E-state index in [1.165, 1.54) is 4.90 Å². The standard InChI is InChI=1S/C17H16ClNO3/c1-11(2)21-16-14-5-3-4-6-15(14)22-17(20)19(16)13-9-7-12(18)8-10-13/h3-11,16H,1-2H3. The van der Waals surface area contributed by atoms with Crippen molar-refractivity contribution >= 4 is 23.4 Å². The molecule has 1 heterocycles. The molecule has 3 rings (SSSR count). The largest absolute Gasteiger partial charge is 0.422 e. The predicted molar refractivity (Wildman–Crippen MR) is 85.4 cm³/mol. The van der Waals surface area contributed by atoms with Crippen LogP contribution in [0, 0.1) is 0 Å². The van der Waals surface area contributed by atoms with Crippen molar-refractivity contribution in [3.63, 3.8) is 0 Å². The van der Waals surface area contributed by atoms with Crippen LogP contribution in [0.1, 0.15) is 25.6 Å². The zero-order chi connectivity index (χ0) is 15.7. The molecule has 2 aromatic carbocycles. The zero-order valence-electron chi connectivity index (χ0n) is 12.3. The SMILES string of the molecule is CC(C)OC1c2ccccc2OC(=O)N1c1ccc(Cl)cc1. The van der Waals surface area contributed by atoms with Crippen LogP contribution in [0.15, 0.2) is 48.5 Å². The molecule has 114 valence electrons. The zero-order valence-corrected chi connectivity index (χ0v) is 13.1. The molecule has 4 nitrogen and oxygen atoms in total. The van der Waals surface area contributed by atoms with Crippen molar-refractivity contribution in [2.45, 2.75) is 26.2 Å². The van der Waals surface area contributed by atoms with Gasteiger partial charge in [-0.3, -0.25) is 0 Å². The first-order valence-electron chi connectivity index (χ1n) is 7.07. The Labute approximate surface area is 134 Å². The molecule has 2 aromatic rings. The summed E-state index contributed by atoms with van der Waals surface area (Å²) in [6.45, 7) is 3.87. The van der Waals surface area contributed by atoms with Gasteiger partial charge in [0.2, 0.25) is 0 Å². The van der Waals surface area contributed by atoms with Crippen molar-refractivity contribution in [3.05, 3.63) is 59.1 Å². The quantitative estimate of drug-likeness (QED) is 0.817. The Morgan fingerprint density at radius 3 is 2.50 bits per heavy atom. The lowest BCUT2D eigenvalue weighted by molar-refractivity contribution is 0.000793. The monoisotopic (exact) mass is 317 g/mol. The van der Waals surface area contributed by atoms with Crippen LogP contribution < -0.4 is 9.64 Å². The van der Waals surface area contributed by atoms with Gasteiger partial charge < -0.3 is 9.47 Å². The third kappa shape index (κ3) is 2.80. The lowest BCUT2D eigenvalue weighted by Gasteiger charge is -2.36. The molecule has 22 heavy (non-hydrogen) atoms. The fourth-order valence-electron chi connectivity index (χ4n) is 2.39. The minimum Gasteiger partial charge on any atom is -0.409 e. The third-order valence-corrected chi connectivity index (χ3v) is 3.57. The van der Waals surface area contributed by atoms with E-state index in [2.05, 4.69) is 0 Å². The highest BCUT2D eigenvalue weighted by atomic mass is 35.5. The van der Waals surface area contributed by atoms with E-state index in [0.717, 1.165) is 5.56 Å². The highest BCUT2D eigenvalue weighted by Gasteiger charge is 2.36. The summed E-state index contributed by atoms with van der Waals surface area (Å²) in [6.07, 6.45) is -1.04. The third-order valence-electron chi connectivity index (χ3n) is 3.32. The van der Waals surface area contributed by atoms with Crippen LogP contribution in [-0.2, 0) is 4.74 Å². The Hall–Kier alpha value is -2.04. The van der Waals surface area contributed by atoms with Gasteiger partial charge in [-0.15, -0.1) is 0 Å². The van der Waals surface area contributed by atoms with Crippen LogP contribution in [0.25, 0.3) is 0 Å². The molecular formula is C17H16ClNO3. The maximum atomic E-state index is 12.4. The number of carbonyl (C=O) groups is 1. The molecule has 0 aromatic heterocycles. The molecule has 1 aliphatic heterocycles. The van der Waals surface area contributed by atoms with E-state index in [1.54, 1.807) is 30.3 Å². The van der Waals surface area contributed by atoms with E-state index >= 15 is 0 Å². The Balaban J connectivity index is 2.06. The summed E-state index contributed by atoms with van der Waals surface area (Å²) in [7, 11) is 0. The molecule has 0 saturated carbocycles. The predicted octanol–water partition coefficient (Wildman–Crippen LogP) is 4.78. The maximum absolute atomic E-state index is 12.4. The van der Waals surface area contributed by atoms with Gasteiger partial charge in [-0.1, -0.05) is 29.8 Å². The number of fused-ring (bicyclic) bond motifs is 1. The smallest absolute Gasteiger partial charge is 0.409 e. The lowest BCUT2D eigenvalue weighted by atomic mass is 10.1. The van der Waals surface area contributed by atoms with E-state index in [-0.39, 0.29) is 6.10 Å². The van der Waals surface area contributed by atoms with Crippen molar-refractivity contribution in [2.24, 2.45) is 0 Å². The number of halogens is 1. The van der Waals surface area contributed by atoms with E-state index < -0.39 is 12.3 Å². The lowest BCUT2D eigenvalue weighted by Crippen LogP contribution is -2.43. The van der Waals surface area contributed by atoms with Crippen LogP contribution in [0.3, 0.4) is 0 Å². The summed E-state index contributed by atoms with van der Waals surface area (Å²) in [5, 5.41) is 0.607. The van der Waals surface area contributed by atoms with Gasteiger partial charge in [0.15, 0.2) is 6.23 Å². The Morgan fingerprint density at radius 2 is 1.82 bits per heavy atom. The van der Waals surface area contributed by atoms with E-state index in [1.807, 2.05) is 32.0 Å². The fraction of sp³-hybridized carbons (Fsp3) is 0.235. The molecule has 1 amide bonds. The highest BCUT2D eigenvalue weighted by molar-refractivity contribution is 6.30. The first-order chi connectivity index (χ1) is 10.6. The number of anilines is 1. The van der Waals surface area contributed by atoms with Crippen molar-refractivity contribution in [3.8, 4) is 5.75 Å². The molecule has 0 spiro atoms. The van der Waals surface area contributed by atoms with Crippen LogP contribution in [0.4, 0.5) is 10.5 Å². The van der Waals surface area contributed by atoms with Crippen molar-refractivity contribution < 1.29 is 14.3 Å². The Morgan fingerprint density at radius 1 is 1.14 bits per heavy atom. The second-order valence-corrected chi connectivity index (χ2v) is 5.73. The van der Waals surface area contributed by atoms with Crippen molar-refractivity contribution in [1.29, 1.82) is 0 Å². The minimum atomic E-state index is -0.529. The van der Waals surface area contributed by atoms with Gasteiger partial charge in [-0.25, -0.2) is 9.69 Å². The number of nitrogens with zero attached hydrogens (tertiary/aromatic N) is 1. The summed E-state index contributed by atoms with van der Waals surface area (Å²) in [5.74, 6) is 0.531. The van der Waals surface area contributed by atoms with Crippen LogP contribution in [-0.4, -0.2) is 12.2 Å². The van der Waals surface area contributed by atoms with Crippen LogP contribution in [0.2, 0.25) is 5.02 Å². The number of benzene rings is 2. The summed E-state index contributed by atoms with van der Waals surface area (Å²) in [4.78, 5) is 13.9. The summed E-state index contributed by atoms with van der Waals surface area (Å²) >= 11 is 5.92. The number of hydrogen-bond donors (Lipinski definition) is 0. The molecule has 0 aliphatic carbocycles. The number of carbonyl (C=O) groups excluding carboxylic acids is 1. The Bertz CT molecular complexity index is 685. The molecule has 1 unspecified atom stereocenters. The number of hydrogen-bond acceptors (Lipinski definition) is 3. The average molecular weight is 318 g/mol. The van der Waals surface area contributed by atoms with Gasteiger partial charge in [-0.05, 0) is 44.2 Å². The summed E-state index contributed by atoms with van der Waals surface area (Å²) in [6, 6.07) is 14.4. The number of amides is 1. The molecule has 1 aliphatic rings. The second-order valence-electron chi connectivity index (χ2n) is 5.29. The maximum Gasteiger partial charge on any atom is 0.422 e. The molecule has 5 heteroatoms. The first-order valence-corrected chi connectivity index (χ1v) is 7.45. The molecule has 0 fully saturated rings. The molecule has 0 saturated heterocycles. The highest BCUT2D eigenvalue weighted by Crippen LogP contribution is 2.39. The van der Waals surface area contributed by atoms with E-state index in [4.69, 9.17) is 21.1 Å². The molecular weight excluding hydrogens is 302 g/mol. The molecule has 0 radical (unpaired) electrons. The van der Waals surface area contributed by atoms with Gasteiger partial charge in [0.1, 0.15) is 5.75 Å². The van der Waals surface area contributed by atoms with Gasteiger partial charge in [0.05, 0.1) is 11.8 Å². The number of rotatable bonds is 3. The summed E-state index contributed by atoms with van der Waals surface area (Å²) in [5.41, 5.74) is 1.50. The van der Waals surface area contributed by atoms with Crippen LogP contribution in [0.5, 0.6) is 5.75 Å². The van der Waals surface area contributed by atoms with Gasteiger partial charge in [-0.2, -0.15) is 0 Å². The van der Waals surface area contributed by atoms with Gasteiger partial charge >= 0.3 is 6.09 Å². The molecule has 0 N–H and O–H groups in total. The van der Waals surface area contributed by atoms with Crippen LogP contribution >= 0.6 is 11.6 Å². The Kier molecular flexibility index (Phi) is 4.05. The normalized spacial score (nSPS) is 17.4. The van der Waals surface area contributed by atoms with E-state index in [0.29, 0.717) is 16.5 Å². The number of para-hydroxylation sites is 1. The topological polar surface area (TPSA) is 38.8 Å². The first kappa shape index (κ1) is 14.9. The fourth-order valence-corrected chi connectivity index (χ4v) is 2.52. The minimum absolute atomic E-state index is 0.0428. The number of ether oxygens (including phenoxy) is 2. The van der Waals surface area contributed by atoms with Crippen molar-refractivity contribution in [2.75, 3.05) is 4.90 Å². The molecule has 0 bridgehead atoms. The van der Waals surface area contributed by atoms with Gasteiger partial charge in [0, 0.05) is 10.6 Å². The molecule has 1 atom stereocenters. The van der Waals surface area contributed by atoms with Crippen molar-refractivity contribution in [1.82, 2.24) is 0 Å². The van der Waals surface area contributed by atoms with Gasteiger partial charge in [0.25, 0.3) is 0 Å².